The molecule has 0 spiro atoms. The van der Waals surface area contributed by atoms with E-state index in [9.17, 15) is 0 Å². The average molecular weight is 250 g/mol. The molecule has 1 aliphatic rings. The molecule has 4 heteroatoms. The fourth-order valence-corrected chi connectivity index (χ4v) is 2.51. The number of halogens is 1. The maximum Gasteiger partial charge on any atom is 0.101 e. The van der Waals surface area contributed by atoms with Gasteiger partial charge in [-0.3, -0.25) is 0 Å². The molecular formula is C13H16ClN3. The predicted octanol–water partition coefficient (Wildman–Crippen LogP) is 2.89. The number of hydrogen-bond donors (Lipinski definition) is 2. The van der Waals surface area contributed by atoms with Crippen LogP contribution < -0.4 is 11.1 Å². The minimum atomic E-state index is 0.301. The van der Waals surface area contributed by atoms with Crippen LogP contribution in [0.4, 0.5) is 5.69 Å². The maximum atomic E-state index is 8.79. The van der Waals surface area contributed by atoms with Crippen molar-refractivity contribution in [2.75, 3.05) is 5.32 Å². The number of anilines is 1. The molecule has 0 heterocycles. The van der Waals surface area contributed by atoms with Gasteiger partial charge in [0.2, 0.25) is 0 Å². The van der Waals surface area contributed by atoms with Crippen LogP contribution in [0.25, 0.3) is 0 Å². The molecule has 2 rings (SSSR count). The highest BCUT2D eigenvalue weighted by Gasteiger charge is 2.18. The quantitative estimate of drug-likeness (QED) is 0.847. The first kappa shape index (κ1) is 12.2. The monoisotopic (exact) mass is 249 g/mol. The molecule has 0 amide bonds. The minimum absolute atomic E-state index is 0.301. The van der Waals surface area contributed by atoms with Crippen molar-refractivity contribution in [3.63, 3.8) is 0 Å². The molecule has 0 radical (unpaired) electrons. The summed E-state index contributed by atoms with van der Waals surface area (Å²) in [5, 5.41) is 12.7. The van der Waals surface area contributed by atoms with Crippen LogP contribution in [-0.4, -0.2) is 12.1 Å². The molecule has 3 nitrogen and oxygen atoms in total. The van der Waals surface area contributed by atoms with Crippen LogP contribution in [0.5, 0.6) is 0 Å². The number of nitriles is 1. The molecule has 0 bridgehead atoms. The van der Waals surface area contributed by atoms with Gasteiger partial charge in [0.05, 0.1) is 10.6 Å². The van der Waals surface area contributed by atoms with Gasteiger partial charge in [-0.15, -0.1) is 0 Å². The van der Waals surface area contributed by atoms with E-state index in [4.69, 9.17) is 22.6 Å². The van der Waals surface area contributed by atoms with E-state index in [1.54, 1.807) is 12.1 Å². The number of nitrogens with zero attached hydrogens (tertiary/aromatic N) is 1. The highest BCUT2D eigenvalue weighted by Crippen LogP contribution is 2.24. The standard InChI is InChI=1S/C13H16ClN3/c14-13-7-12(5-4-9(13)8-15)17-11-3-1-2-10(16)6-11/h4-5,7,10-11,17H,1-3,6,16H2. The first-order chi connectivity index (χ1) is 8.19. The third kappa shape index (κ3) is 3.12. The Morgan fingerprint density at radius 3 is 2.88 bits per heavy atom. The number of hydrogen-bond acceptors (Lipinski definition) is 3. The van der Waals surface area contributed by atoms with E-state index in [0.29, 0.717) is 22.7 Å². The van der Waals surface area contributed by atoms with Crippen molar-refractivity contribution in [3.05, 3.63) is 28.8 Å². The SMILES string of the molecule is N#Cc1ccc(NC2CCCC(N)C2)cc1Cl. The lowest BCUT2D eigenvalue weighted by Crippen LogP contribution is -2.34. The number of nitrogens with two attached hydrogens (primary N) is 1. The van der Waals surface area contributed by atoms with Crippen LogP contribution in [0.3, 0.4) is 0 Å². The zero-order valence-electron chi connectivity index (χ0n) is 9.62. The van der Waals surface area contributed by atoms with E-state index in [-0.39, 0.29) is 0 Å². The van der Waals surface area contributed by atoms with Crippen molar-refractivity contribution in [2.24, 2.45) is 5.73 Å². The van der Waals surface area contributed by atoms with Gasteiger partial charge in [-0.1, -0.05) is 11.6 Å². The number of rotatable bonds is 2. The van der Waals surface area contributed by atoms with Crippen LogP contribution >= 0.6 is 11.6 Å². The molecular weight excluding hydrogens is 234 g/mol. The molecule has 1 fully saturated rings. The van der Waals surface area contributed by atoms with Gasteiger partial charge in [0.25, 0.3) is 0 Å². The summed E-state index contributed by atoms with van der Waals surface area (Å²) in [4.78, 5) is 0. The van der Waals surface area contributed by atoms with Crippen molar-refractivity contribution in [2.45, 2.75) is 37.8 Å². The van der Waals surface area contributed by atoms with E-state index in [2.05, 4.69) is 11.4 Å². The van der Waals surface area contributed by atoms with E-state index < -0.39 is 0 Å². The Kier molecular flexibility index (Phi) is 3.88. The van der Waals surface area contributed by atoms with Crippen LogP contribution in [0, 0.1) is 11.3 Å². The third-order valence-electron chi connectivity index (χ3n) is 3.18. The summed E-state index contributed by atoms with van der Waals surface area (Å²) in [6, 6.07) is 8.22. The van der Waals surface area contributed by atoms with Gasteiger partial charge in [-0.25, -0.2) is 0 Å². The Bertz CT molecular complexity index is 439. The van der Waals surface area contributed by atoms with Crippen molar-refractivity contribution < 1.29 is 0 Å². The second-order valence-corrected chi connectivity index (χ2v) is 4.98. The van der Waals surface area contributed by atoms with E-state index in [1.807, 2.05) is 6.07 Å². The number of benzene rings is 1. The predicted molar refractivity (Wildman–Crippen MR) is 70.0 cm³/mol. The second kappa shape index (κ2) is 5.39. The Morgan fingerprint density at radius 2 is 2.24 bits per heavy atom. The van der Waals surface area contributed by atoms with Crippen LogP contribution in [0.1, 0.15) is 31.2 Å². The van der Waals surface area contributed by atoms with Crippen molar-refractivity contribution in [1.29, 1.82) is 5.26 Å². The van der Waals surface area contributed by atoms with Gasteiger partial charge >= 0.3 is 0 Å². The second-order valence-electron chi connectivity index (χ2n) is 4.57. The lowest BCUT2D eigenvalue weighted by Gasteiger charge is -2.28. The van der Waals surface area contributed by atoms with Crippen LogP contribution in [0.2, 0.25) is 5.02 Å². The summed E-state index contributed by atoms with van der Waals surface area (Å²) in [5.74, 6) is 0. The van der Waals surface area contributed by atoms with E-state index in [0.717, 1.165) is 24.9 Å². The summed E-state index contributed by atoms with van der Waals surface area (Å²) >= 11 is 5.99. The Balaban J connectivity index is 2.04. The highest BCUT2D eigenvalue weighted by atomic mass is 35.5. The molecule has 1 saturated carbocycles. The molecule has 2 unspecified atom stereocenters. The van der Waals surface area contributed by atoms with Gasteiger partial charge in [-0.2, -0.15) is 5.26 Å². The van der Waals surface area contributed by atoms with Gasteiger partial charge in [-0.05, 0) is 43.9 Å². The molecule has 90 valence electrons. The normalized spacial score (nSPS) is 24.1. The lowest BCUT2D eigenvalue weighted by molar-refractivity contribution is 0.409. The summed E-state index contributed by atoms with van der Waals surface area (Å²) in [6.07, 6.45) is 4.43. The van der Waals surface area contributed by atoms with Crippen LogP contribution in [0.15, 0.2) is 18.2 Å². The van der Waals surface area contributed by atoms with Crippen molar-refractivity contribution in [3.8, 4) is 6.07 Å². The topological polar surface area (TPSA) is 61.8 Å². The first-order valence-corrected chi connectivity index (χ1v) is 6.28. The summed E-state index contributed by atoms with van der Waals surface area (Å²) < 4.78 is 0. The molecule has 17 heavy (non-hydrogen) atoms. The molecule has 0 saturated heterocycles. The molecule has 3 N–H and O–H groups in total. The summed E-state index contributed by atoms with van der Waals surface area (Å²) in [7, 11) is 0. The summed E-state index contributed by atoms with van der Waals surface area (Å²) in [5.41, 5.74) is 7.42. The van der Waals surface area contributed by atoms with Gasteiger partial charge in [0.1, 0.15) is 6.07 Å². The minimum Gasteiger partial charge on any atom is -0.382 e. The molecule has 1 aromatic rings. The molecule has 2 atom stereocenters. The van der Waals surface area contributed by atoms with Crippen molar-refractivity contribution in [1.82, 2.24) is 0 Å². The molecule has 1 aromatic carbocycles. The third-order valence-corrected chi connectivity index (χ3v) is 3.49. The number of nitrogens with one attached hydrogen (secondary N) is 1. The smallest absolute Gasteiger partial charge is 0.101 e. The highest BCUT2D eigenvalue weighted by molar-refractivity contribution is 6.32. The van der Waals surface area contributed by atoms with Crippen molar-refractivity contribution >= 4 is 17.3 Å². The van der Waals surface area contributed by atoms with E-state index in [1.165, 1.54) is 6.42 Å². The average Bonchev–Trinajstić information content (AvgIpc) is 2.29. The Hall–Kier alpha value is -1.24. The first-order valence-electron chi connectivity index (χ1n) is 5.91. The molecule has 0 aromatic heterocycles. The lowest BCUT2D eigenvalue weighted by atomic mass is 9.91. The van der Waals surface area contributed by atoms with Gasteiger partial charge < -0.3 is 11.1 Å². The Labute approximate surface area is 107 Å². The zero-order chi connectivity index (χ0) is 12.3. The molecule has 1 aliphatic carbocycles. The fraction of sp³-hybridized carbons (Fsp3) is 0.462. The van der Waals surface area contributed by atoms with Crippen LogP contribution in [-0.2, 0) is 0 Å². The largest absolute Gasteiger partial charge is 0.382 e. The zero-order valence-corrected chi connectivity index (χ0v) is 10.4. The molecule has 0 aliphatic heterocycles. The summed E-state index contributed by atoms with van der Waals surface area (Å²) in [6.45, 7) is 0. The Morgan fingerprint density at radius 1 is 1.41 bits per heavy atom. The fourth-order valence-electron chi connectivity index (χ4n) is 2.29. The maximum absolute atomic E-state index is 8.79. The van der Waals surface area contributed by atoms with E-state index >= 15 is 0 Å². The van der Waals surface area contributed by atoms with Gasteiger partial charge in [0, 0.05) is 17.8 Å². The van der Waals surface area contributed by atoms with Gasteiger partial charge in [0.15, 0.2) is 0 Å².